The molecule has 2 heterocycles. The summed E-state index contributed by atoms with van der Waals surface area (Å²) < 4.78 is 30.3. The van der Waals surface area contributed by atoms with Gasteiger partial charge in [0.1, 0.15) is 23.0 Å². The molecule has 0 amide bonds. The molecule has 14 nitrogen and oxygen atoms in total. The molecule has 0 bridgehead atoms. The van der Waals surface area contributed by atoms with Crippen molar-refractivity contribution in [3.8, 4) is 23.0 Å². The van der Waals surface area contributed by atoms with Crippen molar-refractivity contribution >= 4 is 47.8 Å². The van der Waals surface area contributed by atoms with Crippen molar-refractivity contribution in [1.82, 2.24) is 0 Å². The maximum absolute atomic E-state index is 12.7. The van der Waals surface area contributed by atoms with E-state index in [0.29, 0.717) is 0 Å². The highest BCUT2D eigenvalue weighted by molar-refractivity contribution is 6.16. The molecular weight excluding hydrogens is 680 g/mol. The molecule has 254 valence electrons. The van der Waals surface area contributed by atoms with Gasteiger partial charge in [-0.05, 0) is 109 Å². The SMILES string of the molecule is O=C(Oc1ccc(OC(=O)c2ccc3c(c2)C(=O)OC3=O)cc1)c1ccc(C(=O)Oc2ccc(OC(=O)c3ccc4c(c3)C(=O)OC4=O)cc2)cc1. The second-order valence-corrected chi connectivity index (χ2v) is 11.0. The van der Waals surface area contributed by atoms with Crippen LogP contribution in [0.25, 0.3) is 0 Å². The van der Waals surface area contributed by atoms with E-state index in [1.54, 1.807) is 0 Å². The van der Waals surface area contributed by atoms with Gasteiger partial charge >= 0.3 is 47.8 Å². The zero-order chi connectivity index (χ0) is 36.5. The Hall–Kier alpha value is -7.74. The van der Waals surface area contributed by atoms with Crippen LogP contribution < -0.4 is 18.9 Å². The molecule has 0 saturated heterocycles. The van der Waals surface area contributed by atoms with Gasteiger partial charge in [-0.25, -0.2) is 38.4 Å². The monoisotopic (exact) mass is 698 g/mol. The van der Waals surface area contributed by atoms with Gasteiger partial charge in [-0.15, -0.1) is 0 Å². The van der Waals surface area contributed by atoms with E-state index < -0.39 is 47.8 Å². The molecule has 0 N–H and O–H groups in total. The number of benzene rings is 5. The Bertz CT molecular complexity index is 2200. The molecule has 0 unspecified atom stereocenters. The van der Waals surface area contributed by atoms with Gasteiger partial charge in [0.25, 0.3) is 0 Å². The van der Waals surface area contributed by atoms with E-state index in [1.807, 2.05) is 0 Å². The van der Waals surface area contributed by atoms with Crippen LogP contribution in [0.15, 0.2) is 109 Å². The second kappa shape index (κ2) is 13.3. The summed E-state index contributed by atoms with van der Waals surface area (Å²) in [5.74, 6) is -5.84. The minimum atomic E-state index is -0.854. The number of carbonyl (C=O) groups is 8. The average Bonchev–Trinajstić information content (AvgIpc) is 3.60. The molecule has 14 heteroatoms. The van der Waals surface area contributed by atoms with Gasteiger partial charge in [0.05, 0.1) is 44.5 Å². The molecule has 2 aliphatic heterocycles. The third kappa shape index (κ3) is 6.62. The van der Waals surface area contributed by atoms with Gasteiger partial charge in [-0.2, -0.15) is 0 Å². The number of hydrogen-bond acceptors (Lipinski definition) is 14. The van der Waals surface area contributed by atoms with E-state index in [-0.39, 0.29) is 67.5 Å². The van der Waals surface area contributed by atoms with Crippen molar-refractivity contribution < 1.29 is 66.8 Å². The average molecular weight is 699 g/mol. The van der Waals surface area contributed by atoms with Crippen LogP contribution in [0.2, 0.25) is 0 Å². The van der Waals surface area contributed by atoms with Gasteiger partial charge in [-0.3, -0.25) is 0 Å². The number of esters is 8. The molecular formula is C38H18O14. The summed E-state index contributed by atoms with van der Waals surface area (Å²) in [5, 5.41) is 0. The lowest BCUT2D eigenvalue weighted by Gasteiger charge is -2.08. The largest absolute Gasteiger partial charge is 0.423 e. The maximum Gasteiger partial charge on any atom is 0.346 e. The first kappa shape index (κ1) is 32.8. The van der Waals surface area contributed by atoms with E-state index in [2.05, 4.69) is 9.47 Å². The first-order chi connectivity index (χ1) is 25.0. The predicted octanol–water partition coefficient (Wildman–Crippen LogP) is 5.18. The van der Waals surface area contributed by atoms with Gasteiger partial charge in [-0.1, -0.05) is 0 Å². The Kier molecular flexibility index (Phi) is 8.38. The molecule has 5 aromatic carbocycles. The Morgan fingerprint density at radius 3 is 0.885 bits per heavy atom. The number of cyclic esters (lactones) is 4. The fourth-order valence-corrected chi connectivity index (χ4v) is 4.98. The quantitative estimate of drug-likeness (QED) is 0.117. The predicted molar refractivity (Wildman–Crippen MR) is 172 cm³/mol. The molecule has 0 aliphatic carbocycles. The summed E-state index contributed by atoms with van der Waals surface area (Å²) >= 11 is 0. The van der Waals surface area contributed by atoms with Crippen molar-refractivity contribution in [3.05, 3.63) is 154 Å². The molecule has 2 aliphatic rings. The lowest BCUT2D eigenvalue weighted by Crippen LogP contribution is -2.12. The molecule has 0 radical (unpaired) electrons. The number of hydrogen-bond donors (Lipinski definition) is 0. The first-order valence-electron chi connectivity index (χ1n) is 15.0. The van der Waals surface area contributed by atoms with Crippen molar-refractivity contribution in [2.24, 2.45) is 0 Å². The second-order valence-electron chi connectivity index (χ2n) is 11.0. The summed E-state index contributed by atoms with van der Waals surface area (Å²) in [6.45, 7) is 0. The van der Waals surface area contributed by atoms with Crippen molar-refractivity contribution in [2.45, 2.75) is 0 Å². The van der Waals surface area contributed by atoms with Crippen LogP contribution in [0.5, 0.6) is 23.0 Å². The van der Waals surface area contributed by atoms with Crippen LogP contribution in [-0.4, -0.2) is 47.8 Å². The normalized spacial score (nSPS) is 12.6. The first-order valence-corrected chi connectivity index (χ1v) is 15.0. The van der Waals surface area contributed by atoms with Crippen LogP contribution in [0.3, 0.4) is 0 Å². The maximum atomic E-state index is 12.7. The highest BCUT2D eigenvalue weighted by Crippen LogP contribution is 2.26. The van der Waals surface area contributed by atoms with E-state index in [0.717, 1.165) is 0 Å². The van der Waals surface area contributed by atoms with Gasteiger partial charge in [0.2, 0.25) is 0 Å². The third-order valence-corrected chi connectivity index (χ3v) is 7.61. The standard InChI is InChI=1S/C38H18O14/c39-31(47-23-7-11-25(12-8-23)49-33(41)21-5-15-27-29(17-21)37(45)51-35(27)43)19-1-2-20(4-3-19)32(40)48-24-9-13-26(14-10-24)50-34(42)22-6-16-28-30(18-22)38(46)52-36(28)44/h1-18H. The molecule has 52 heavy (non-hydrogen) atoms. The van der Waals surface area contributed by atoms with Gasteiger partial charge in [0, 0.05) is 0 Å². The highest BCUT2D eigenvalue weighted by atomic mass is 16.6. The van der Waals surface area contributed by atoms with Crippen LogP contribution in [0.4, 0.5) is 0 Å². The van der Waals surface area contributed by atoms with E-state index in [4.69, 9.17) is 18.9 Å². The summed E-state index contributed by atoms with van der Waals surface area (Å²) in [4.78, 5) is 97.2. The van der Waals surface area contributed by atoms with Crippen LogP contribution in [0, 0.1) is 0 Å². The van der Waals surface area contributed by atoms with E-state index in [9.17, 15) is 38.4 Å². The van der Waals surface area contributed by atoms with Gasteiger partial charge in [0.15, 0.2) is 0 Å². The lowest BCUT2D eigenvalue weighted by atomic mass is 10.1. The van der Waals surface area contributed by atoms with Crippen LogP contribution in [-0.2, 0) is 9.47 Å². The Labute approximate surface area is 291 Å². The van der Waals surface area contributed by atoms with Crippen molar-refractivity contribution in [1.29, 1.82) is 0 Å². The molecule has 0 fully saturated rings. The van der Waals surface area contributed by atoms with Crippen molar-refractivity contribution in [3.63, 3.8) is 0 Å². The summed E-state index contributed by atoms with van der Waals surface area (Å²) in [6.07, 6.45) is 0. The molecule has 0 atom stereocenters. The third-order valence-electron chi connectivity index (χ3n) is 7.61. The number of fused-ring (bicyclic) bond motifs is 2. The molecule has 0 aromatic heterocycles. The smallest absolute Gasteiger partial charge is 0.346 e. The van der Waals surface area contributed by atoms with Crippen LogP contribution >= 0.6 is 0 Å². The molecule has 0 spiro atoms. The number of carbonyl (C=O) groups excluding carboxylic acids is 8. The Balaban J connectivity index is 0.902. The molecule has 0 saturated carbocycles. The van der Waals surface area contributed by atoms with Crippen LogP contribution in [0.1, 0.15) is 82.9 Å². The van der Waals surface area contributed by atoms with Gasteiger partial charge < -0.3 is 28.4 Å². The fraction of sp³-hybridized carbons (Fsp3) is 0. The minimum absolute atomic E-state index is 0.0230. The molecule has 7 rings (SSSR count). The van der Waals surface area contributed by atoms with E-state index >= 15 is 0 Å². The van der Waals surface area contributed by atoms with E-state index in [1.165, 1.54) is 109 Å². The summed E-state index contributed by atoms with van der Waals surface area (Å²) in [7, 11) is 0. The Morgan fingerprint density at radius 1 is 0.327 bits per heavy atom. The highest BCUT2D eigenvalue weighted by Gasteiger charge is 2.32. The van der Waals surface area contributed by atoms with Crippen molar-refractivity contribution in [2.75, 3.05) is 0 Å². The zero-order valence-corrected chi connectivity index (χ0v) is 26.1. The molecule has 5 aromatic rings. The topological polar surface area (TPSA) is 192 Å². The summed E-state index contributed by atoms with van der Waals surface area (Å²) in [5.41, 5.74) is 0.333. The fourth-order valence-electron chi connectivity index (χ4n) is 4.98. The zero-order valence-electron chi connectivity index (χ0n) is 26.1. The number of rotatable bonds is 8. The lowest BCUT2D eigenvalue weighted by molar-refractivity contribution is 0.0425. The number of ether oxygens (including phenoxy) is 6. The Morgan fingerprint density at radius 2 is 0.577 bits per heavy atom. The minimum Gasteiger partial charge on any atom is -0.423 e. The summed E-state index contributed by atoms with van der Waals surface area (Å²) in [6, 6.07) is 24.3.